The fourth-order valence-electron chi connectivity index (χ4n) is 2.81. The van der Waals surface area contributed by atoms with Gasteiger partial charge in [0.05, 0.1) is 6.61 Å². The second-order valence-electron chi connectivity index (χ2n) is 5.72. The van der Waals surface area contributed by atoms with Crippen LogP contribution in [0.5, 0.6) is 0 Å². The second-order valence-corrected chi connectivity index (χ2v) is 5.72. The van der Waals surface area contributed by atoms with Crippen LogP contribution in [-0.4, -0.2) is 61.1 Å². The zero-order valence-corrected chi connectivity index (χ0v) is 12.3. The molecule has 0 spiro atoms. The Kier molecular flexibility index (Phi) is 6.11. The standard InChI is InChI=1S/C15H28N2O2/c1-2-19-15(18)6-4-3-5-9-16-10-12-17(13-11-16)14-7-8-14/h14H,2-13H2,1H3. The molecule has 4 nitrogen and oxygen atoms in total. The third-order valence-corrected chi connectivity index (χ3v) is 4.13. The molecular weight excluding hydrogens is 240 g/mol. The molecule has 0 aromatic carbocycles. The van der Waals surface area contributed by atoms with E-state index in [2.05, 4.69) is 9.80 Å². The van der Waals surface area contributed by atoms with Crippen LogP contribution in [0.4, 0.5) is 0 Å². The molecule has 1 aliphatic heterocycles. The van der Waals surface area contributed by atoms with Gasteiger partial charge in [-0.3, -0.25) is 9.69 Å². The van der Waals surface area contributed by atoms with Gasteiger partial charge in [0, 0.05) is 38.6 Å². The number of ether oxygens (including phenoxy) is 1. The van der Waals surface area contributed by atoms with Crippen LogP contribution >= 0.6 is 0 Å². The average Bonchev–Trinajstić information content (AvgIpc) is 3.24. The van der Waals surface area contributed by atoms with Gasteiger partial charge in [0.25, 0.3) is 0 Å². The Morgan fingerprint density at radius 1 is 1.11 bits per heavy atom. The summed E-state index contributed by atoms with van der Waals surface area (Å²) < 4.78 is 4.92. The van der Waals surface area contributed by atoms with E-state index in [0.29, 0.717) is 13.0 Å². The molecule has 0 atom stereocenters. The number of esters is 1. The van der Waals surface area contributed by atoms with Crippen LogP contribution in [0, 0.1) is 0 Å². The van der Waals surface area contributed by atoms with Gasteiger partial charge in [-0.2, -0.15) is 0 Å². The molecule has 2 fully saturated rings. The number of piperazine rings is 1. The quantitative estimate of drug-likeness (QED) is 0.497. The number of hydrogen-bond donors (Lipinski definition) is 0. The van der Waals surface area contributed by atoms with Gasteiger partial charge >= 0.3 is 5.97 Å². The van der Waals surface area contributed by atoms with Crippen LogP contribution < -0.4 is 0 Å². The SMILES string of the molecule is CCOC(=O)CCCCCN1CCN(C2CC2)CC1. The van der Waals surface area contributed by atoms with Crippen LogP contribution in [0.3, 0.4) is 0 Å². The zero-order valence-electron chi connectivity index (χ0n) is 12.3. The molecular formula is C15H28N2O2. The highest BCUT2D eigenvalue weighted by Gasteiger charge is 2.30. The van der Waals surface area contributed by atoms with Crippen LogP contribution in [0.15, 0.2) is 0 Å². The van der Waals surface area contributed by atoms with E-state index in [1.54, 1.807) is 0 Å². The third kappa shape index (κ3) is 5.49. The molecule has 0 bridgehead atoms. The first-order chi connectivity index (χ1) is 9.29. The number of unbranched alkanes of at least 4 members (excludes halogenated alkanes) is 2. The topological polar surface area (TPSA) is 32.8 Å². The maximum absolute atomic E-state index is 11.2. The minimum Gasteiger partial charge on any atom is -0.466 e. The van der Waals surface area contributed by atoms with E-state index in [-0.39, 0.29) is 5.97 Å². The summed E-state index contributed by atoms with van der Waals surface area (Å²) in [5.74, 6) is -0.0412. The van der Waals surface area contributed by atoms with Crippen molar-refractivity contribution in [1.82, 2.24) is 9.80 Å². The molecule has 110 valence electrons. The maximum Gasteiger partial charge on any atom is 0.305 e. The fraction of sp³-hybridized carbons (Fsp3) is 0.933. The second kappa shape index (κ2) is 7.85. The van der Waals surface area contributed by atoms with E-state index in [0.717, 1.165) is 18.9 Å². The highest BCUT2D eigenvalue weighted by atomic mass is 16.5. The van der Waals surface area contributed by atoms with Crippen molar-refractivity contribution in [2.24, 2.45) is 0 Å². The Balaban J connectivity index is 1.44. The molecule has 4 heteroatoms. The van der Waals surface area contributed by atoms with Gasteiger partial charge in [0.2, 0.25) is 0 Å². The number of hydrogen-bond acceptors (Lipinski definition) is 4. The van der Waals surface area contributed by atoms with E-state index in [4.69, 9.17) is 4.74 Å². The molecule has 1 heterocycles. The van der Waals surface area contributed by atoms with E-state index in [9.17, 15) is 4.79 Å². The predicted octanol–water partition coefficient (Wildman–Crippen LogP) is 1.89. The van der Waals surface area contributed by atoms with E-state index in [1.165, 1.54) is 52.0 Å². The lowest BCUT2D eigenvalue weighted by Gasteiger charge is -2.34. The summed E-state index contributed by atoms with van der Waals surface area (Å²) >= 11 is 0. The van der Waals surface area contributed by atoms with Gasteiger partial charge in [-0.05, 0) is 39.2 Å². The summed E-state index contributed by atoms with van der Waals surface area (Å²) in [6.07, 6.45) is 6.76. The molecule has 19 heavy (non-hydrogen) atoms. The first kappa shape index (κ1) is 14.8. The normalized spacial score (nSPS) is 21.5. The smallest absolute Gasteiger partial charge is 0.305 e. The molecule has 0 aromatic rings. The Bertz CT molecular complexity index is 271. The highest BCUT2D eigenvalue weighted by Crippen LogP contribution is 2.27. The molecule has 0 radical (unpaired) electrons. The first-order valence-corrected chi connectivity index (χ1v) is 7.91. The average molecular weight is 268 g/mol. The summed E-state index contributed by atoms with van der Waals surface area (Å²) in [5.41, 5.74) is 0. The maximum atomic E-state index is 11.2. The van der Waals surface area contributed by atoms with Gasteiger partial charge < -0.3 is 9.64 Å². The van der Waals surface area contributed by atoms with E-state index >= 15 is 0 Å². The molecule has 1 saturated carbocycles. The summed E-state index contributed by atoms with van der Waals surface area (Å²) in [5, 5.41) is 0. The Morgan fingerprint density at radius 2 is 1.84 bits per heavy atom. The van der Waals surface area contributed by atoms with E-state index < -0.39 is 0 Å². The van der Waals surface area contributed by atoms with Crippen molar-refractivity contribution < 1.29 is 9.53 Å². The lowest BCUT2D eigenvalue weighted by molar-refractivity contribution is -0.143. The summed E-state index contributed by atoms with van der Waals surface area (Å²) in [6.45, 7) is 8.54. The monoisotopic (exact) mass is 268 g/mol. The van der Waals surface area contributed by atoms with Crippen molar-refractivity contribution >= 4 is 5.97 Å². The van der Waals surface area contributed by atoms with Crippen molar-refractivity contribution in [3.8, 4) is 0 Å². The molecule has 0 unspecified atom stereocenters. The molecule has 1 aliphatic carbocycles. The molecule has 0 amide bonds. The highest BCUT2D eigenvalue weighted by molar-refractivity contribution is 5.69. The minimum absolute atomic E-state index is 0.0412. The third-order valence-electron chi connectivity index (χ3n) is 4.13. The molecule has 2 aliphatic rings. The summed E-state index contributed by atoms with van der Waals surface area (Å²) in [4.78, 5) is 16.4. The molecule has 0 aromatic heterocycles. The Labute approximate surface area is 117 Å². The van der Waals surface area contributed by atoms with Gasteiger partial charge in [0.15, 0.2) is 0 Å². The van der Waals surface area contributed by atoms with Crippen molar-refractivity contribution in [2.75, 3.05) is 39.3 Å². The fourth-order valence-corrected chi connectivity index (χ4v) is 2.81. The van der Waals surface area contributed by atoms with E-state index in [1.807, 2.05) is 6.92 Å². The van der Waals surface area contributed by atoms with Crippen LogP contribution in [0.25, 0.3) is 0 Å². The molecule has 2 rings (SSSR count). The van der Waals surface area contributed by atoms with Gasteiger partial charge in [0.1, 0.15) is 0 Å². The first-order valence-electron chi connectivity index (χ1n) is 7.91. The van der Waals surface area contributed by atoms with Crippen LogP contribution in [0.2, 0.25) is 0 Å². The lowest BCUT2D eigenvalue weighted by atomic mass is 10.2. The number of rotatable bonds is 8. The Morgan fingerprint density at radius 3 is 2.47 bits per heavy atom. The molecule has 0 N–H and O–H groups in total. The number of carbonyl (C=O) groups is 1. The Hall–Kier alpha value is -0.610. The lowest BCUT2D eigenvalue weighted by Crippen LogP contribution is -2.47. The van der Waals surface area contributed by atoms with Crippen molar-refractivity contribution in [3.05, 3.63) is 0 Å². The van der Waals surface area contributed by atoms with Crippen LogP contribution in [0.1, 0.15) is 45.4 Å². The number of nitrogens with zero attached hydrogens (tertiary/aromatic N) is 2. The largest absolute Gasteiger partial charge is 0.466 e. The summed E-state index contributed by atoms with van der Waals surface area (Å²) in [6, 6.07) is 0.923. The van der Waals surface area contributed by atoms with Gasteiger partial charge in [-0.1, -0.05) is 6.42 Å². The summed E-state index contributed by atoms with van der Waals surface area (Å²) in [7, 11) is 0. The van der Waals surface area contributed by atoms with Crippen molar-refractivity contribution in [1.29, 1.82) is 0 Å². The minimum atomic E-state index is -0.0412. The number of carbonyl (C=O) groups excluding carboxylic acids is 1. The van der Waals surface area contributed by atoms with Crippen molar-refractivity contribution in [3.63, 3.8) is 0 Å². The molecule has 1 saturated heterocycles. The zero-order chi connectivity index (χ0) is 13.5. The van der Waals surface area contributed by atoms with Gasteiger partial charge in [-0.25, -0.2) is 0 Å². The van der Waals surface area contributed by atoms with Crippen molar-refractivity contribution in [2.45, 2.75) is 51.5 Å². The van der Waals surface area contributed by atoms with Crippen LogP contribution in [-0.2, 0) is 9.53 Å². The predicted molar refractivity (Wildman–Crippen MR) is 76.1 cm³/mol. The van der Waals surface area contributed by atoms with Gasteiger partial charge in [-0.15, -0.1) is 0 Å².